The van der Waals surface area contributed by atoms with E-state index in [1.165, 1.54) is 5.56 Å². The topological polar surface area (TPSA) is 35.3 Å². The minimum Gasteiger partial charge on any atom is -0.624 e. The Hall–Kier alpha value is -1.13. The highest BCUT2D eigenvalue weighted by Crippen LogP contribution is 2.41. The van der Waals surface area contributed by atoms with Crippen molar-refractivity contribution in [3.63, 3.8) is 0 Å². The molecule has 1 aliphatic heterocycles. The molecule has 128 valence electrons. The minimum atomic E-state index is -1.89. The molecular weight excluding hydrogens is 302 g/mol. The highest BCUT2D eigenvalue weighted by molar-refractivity contribution is 6.74. The maximum atomic E-state index is 12.1. The van der Waals surface area contributed by atoms with Gasteiger partial charge in [0.1, 0.15) is 0 Å². The Morgan fingerprint density at radius 1 is 1.26 bits per heavy atom. The standard InChI is InChI=1S/C19H31NO2Si/c1-19(2,3)23(4,5)22-18(16-11-7-6-8-12-16)15-17-13-9-10-14-20(17)21/h6-8,11-12,14,17-18H,9-10,13,15H2,1-5H3/t17-,18-/m0/s1. The molecule has 4 heteroatoms. The summed E-state index contributed by atoms with van der Waals surface area (Å²) in [6.07, 6.45) is 5.54. The van der Waals surface area contributed by atoms with Crippen LogP contribution in [0.2, 0.25) is 18.1 Å². The summed E-state index contributed by atoms with van der Waals surface area (Å²) in [4.78, 5) is 0. The van der Waals surface area contributed by atoms with Gasteiger partial charge in [-0.1, -0.05) is 51.1 Å². The van der Waals surface area contributed by atoms with E-state index in [1.54, 1.807) is 6.21 Å². The van der Waals surface area contributed by atoms with Crippen molar-refractivity contribution >= 4 is 14.5 Å². The molecule has 2 rings (SSSR count). The Bertz CT molecular complexity index is 534. The van der Waals surface area contributed by atoms with Gasteiger partial charge in [-0.2, -0.15) is 0 Å². The van der Waals surface area contributed by atoms with E-state index in [0.29, 0.717) is 0 Å². The second-order valence-electron chi connectivity index (χ2n) is 8.14. The third-order valence-corrected chi connectivity index (χ3v) is 9.80. The number of hydrogen-bond donors (Lipinski definition) is 0. The van der Waals surface area contributed by atoms with Crippen LogP contribution in [0.1, 0.15) is 58.1 Å². The molecule has 1 aromatic carbocycles. The number of hydroxylamine groups is 1. The van der Waals surface area contributed by atoms with Crippen molar-refractivity contribution in [3.05, 3.63) is 41.1 Å². The first-order chi connectivity index (χ1) is 10.7. The molecule has 2 atom stereocenters. The maximum Gasteiger partial charge on any atom is 0.192 e. The molecule has 0 radical (unpaired) electrons. The monoisotopic (exact) mass is 333 g/mol. The lowest BCUT2D eigenvalue weighted by molar-refractivity contribution is -0.506. The van der Waals surface area contributed by atoms with Gasteiger partial charge in [0.05, 0.1) is 6.10 Å². The Labute approximate surface area is 142 Å². The first-order valence-electron chi connectivity index (χ1n) is 8.72. The molecule has 0 aromatic heterocycles. The molecule has 3 nitrogen and oxygen atoms in total. The first kappa shape index (κ1) is 18.2. The molecular formula is C19H31NO2Si. The van der Waals surface area contributed by atoms with Gasteiger partial charge in [0.25, 0.3) is 0 Å². The van der Waals surface area contributed by atoms with Gasteiger partial charge in [-0.3, -0.25) is 0 Å². The summed E-state index contributed by atoms with van der Waals surface area (Å²) in [6.45, 7) is 11.3. The zero-order chi connectivity index (χ0) is 17.1. The van der Waals surface area contributed by atoms with Crippen LogP contribution in [0, 0.1) is 5.21 Å². The van der Waals surface area contributed by atoms with Crippen molar-refractivity contribution in [2.45, 2.75) is 76.7 Å². The molecule has 0 spiro atoms. The van der Waals surface area contributed by atoms with Crippen LogP contribution in [0.15, 0.2) is 30.3 Å². The lowest BCUT2D eigenvalue weighted by atomic mass is 9.97. The summed E-state index contributed by atoms with van der Waals surface area (Å²) in [5.74, 6) is 0. The molecule has 1 aromatic rings. The fourth-order valence-electron chi connectivity index (χ4n) is 2.77. The number of hydrogen-bond acceptors (Lipinski definition) is 2. The van der Waals surface area contributed by atoms with Crippen LogP contribution in [-0.2, 0) is 4.43 Å². The van der Waals surface area contributed by atoms with Crippen molar-refractivity contribution in [1.29, 1.82) is 0 Å². The fourth-order valence-corrected chi connectivity index (χ4v) is 4.07. The van der Waals surface area contributed by atoms with E-state index in [2.05, 4.69) is 58.1 Å². The Morgan fingerprint density at radius 3 is 2.48 bits per heavy atom. The molecule has 0 aliphatic carbocycles. The molecule has 23 heavy (non-hydrogen) atoms. The average molecular weight is 334 g/mol. The van der Waals surface area contributed by atoms with Gasteiger partial charge < -0.3 is 9.63 Å². The van der Waals surface area contributed by atoms with Gasteiger partial charge in [-0.05, 0) is 30.1 Å². The third kappa shape index (κ3) is 4.67. The van der Waals surface area contributed by atoms with Gasteiger partial charge in [0.15, 0.2) is 20.6 Å². The van der Waals surface area contributed by atoms with Crippen molar-refractivity contribution in [2.24, 2.45) is 0 Å². The van der Waals surface area contributed by atoms with E-state index >= 15 is 0 Å². The molecule has 0 saturated heterocycles. The van der Waals surface area contributed by atoms with Gasteiger partial charge in [0, 0.05) is 19.3 Å². The quantitative estimate of drug-likeness (QED) is 0.418. The maximum absolute atomic E-state index is 12.1. The van der Waals surface area contributed by atoms with Gasteiger partial charge in [-0.25, -0.2) is 4.74 Å². The van der Waals surface area contributed by atoms with Crippen LogP contribution in [0.5, 0.6) is 0 Å². The lowest BCUT2D eigenvalue weighted by Gasteiger charge is -2.40. The lowest BCUT2D eigenvalue weighted by Crippen LogP contribution is -2.43. The summed E-state index contributed by atoms with van der Waals surface area (Å²) in [5.41, 5.74) is 1.19. The van der Waals surface area contributed by atoms with E-state index in [1.807, 2.05) is 6.07 Å². The normalized spacial score (nSPS) is 20.9. The molecule has 0 fully saturated rings. The number of rotatable bonds is 5. The smallest absolute Gasteiger partial charge is 0.192 e. The largest absolute Gasteiger partial charge is 0.624 e. The van der Waals surface area contributed by atoms with E-state index in [0.717, 1.165) is 30.4 Å². The molecule has 0 bridgehead atoms. The fraction of sp³-hybridized carbons (Fsp3) is 0.632. The second kappa shape index (κ2) is 7.18. The van der Waals surface area contributed by atoms with E-state index in [9.17, 15) is 5.21 Å². The molecule has 1 aliphatic rings. The minimum absolute atomic E-state index is 0.00467. The SMILES string of the molecule is CC(C)(C)[Si](C)(C)O[C@@H](C[C@@H]1CCCC=[N+]1[O-])c1ccccc1. The molecule has 0 amide bonds. The molecule has 0 unspecified atom stereocenters. The van der Waals surface area contributed by atoms with Gasteiger partial charge in [0.2, 0.25) is 0 Å². The van der Waals surface area contributed by atoms with Gasteiger partial charge in [-0.15, -0.1) is 0 Å². The second-order valence-corrected chi connectivity index (χ2v) is 12.9. The van der Waals surface area contributed by atoms with E-state index < -0.39 is 8.32 Å². The summed E-state index contributed by atoms with van der Waals surface area (Å²) in [5, 5.41) is 12.3. The molecule has 0 N–H and O–H groups in total. The number of benzene rings is 1. The Balaban J connectivity index is 2.22. The third-order valence-electron chi connectivity index (χ3n) is 5.31. The molecule has 1 heterocycles. The van der Waals surface area contributed by atoms with Crippen molar-refractivity contribution in [1.82, 2.24) is 0 Å². The van der Waals surface area contributed by atoms with E-state index in [4.69, 9.17) is 4.43 Å². The number of nitrogens with zero attached hydrogens (tertiary/aromatic N) is 1. The Kier molecular flexibility index (Phi) is 5.68. The van der Waals surface area contributed by atoms with Crippen molar-refractivity contribution in [2.75, 3.05) is 0 Å². The predicted molar refractivity (Wildman–Crippen MR) is 99.4 cm³/mol. The zero-order valence-electron chi connectivity index (χ0n) is 15.2. The highest BCUT2D eigenvalue weighted by Gasteiger charge is 2.40. The first-order valence-corrected chi connectivity index (χ1v) is 11.6. The van der Waals surface area contributed by atoms with Crippen molar-refractivity contribution < 1.29 is 9.16 Å². The van der Waals surface area contributed by atoms with Crippen LogP contribution in [0.25, 0.3) is 0 Å². The van der Waals surface area contributed by atoms with Crippen LogP contribution in [0.4, 0.5) is 0 Å². The van der Waals surface area contributed by atoms with Crippen LogP contribution >= 0.6 is 0 Å². The van der Waals surface area contributed by atoms with Crippen LogP contribution in [-0.4, -0.2) is 25.3 Å². The van der Waals surface area contributed by atoms with Crippen LogP contribution < -0.4 is 0 Å². The Morgan fingerprint density at radius 2 is 1.91 bits per heavy atom. The van der Waals surface area contributed by atoms with Crippen molar-refractivity contribution in [3.8, 4) is 0 Å². The van der Waals surface area contributed by atoms with Crippen LogP contribution in [0.3, 0.4) is 0 Å². The summed E-state index contributed by atoms with van der Waals surface area (Å²) < 4.78 is 7.86. The average Bonchev–Trinajstić information content (AvgIpc) is 2.48. The predicted octanol–water partition coefficient (Wildman–Crippen LogP) is 5.27. The zero-order valence-corrected chi connectivity index (χ0v) is 16.2. The molecule has 0 saturated carbocycles. The highest BCUT2D eigenvalue weighted by atomic mass is 28.4. The summed E-state index contributed by atoms with van der Waals surface area (Å²) in [7, 11) is -1.89. The van der Waals surface area contributed by atoms with Gasteiger partial charge >= 0.3 is 0 Å². The van der Waals surface area contributed by atoms with E-state index in [-0.39, 0.29) is 17.2 Å². The summed E-state index contributed by atoms with van der Waals surface area (Å²) in [6, 6.07) is 10.4. The summed E-state index contributed by atoms with van der Waals surface area (Å²) >= 11 is 0.